The Labute approximate surface area is 253 Å². The van der Waals surface area contributed by atoms with Crippen molar-refractivity contribution in [1.29, 1.82) is 0 Å². The third kappa shape index (κ3) is 5.99. The molecule has 3 heterocycles. The molecule has 10 nitrogen and oxygen atoms in total. The molecule has 1 amide bonds. The molecule has 0 radical (unpaired) electrons. The first-order valence-corrected chi connectivity index (χ1v) is 16.7. The molecule has 3 N–H and O–H groups in total. The predicted molar refractivity (Wildman–Crippen MR) is 163 cm³/mol. The lowest BCUT2D eigenvalue weighted by molar-refractivity contribution is 0.0985. The van der Waals surface area contributed by atoms with Gasteiger partial charge >= 0.3 is 0 Å². The van der Waals surface area contributed by atoms with E-state index in [4.69, 9.17) is 23.2 Å². The average molecular weight is 635 g/mol. The van der Waals surface area contributed by atoms with Crippen LogP contribution in [0.15, 0.2) is 52.5 Å². The summed E-state index contributed by atoms with van der Waals surface area (Å²) in [6.45, 7) is 3.01. The number of para-hydroxylation sites is 1. The number of nitrogens with one attached hydrogen (secondary N) is 3. The number of benzene rings is 2. The SMILES string of the molecule is O=C1c2cnc(Nc3ccc(N4CCNCC4)c(S(=O)(=O)NC4CCCC4)c3)nc2SCN1c1c(Cl)cccc1Cl. The van der Waals surface area contributed by atoms with E-state index >= 15 is 0 Å². The van der Waals surface area contributed by atoms with Crippen LogP contribution in [0, 0.1) is 0 Å². The zero-order valence-electron chi connectivity index (χ0n) is 22.1. The van der Waals surface area contributed by atoms with E-state index in [1.807, 2.05) is 12.1 Å². The van der Waals surface area contributed by atoms with Crippen LogP contribution in [-0.2, 0) is 10.0 Å². The molecule has 0 unspecified atom stereocenters. The second-order valence-electron chi connectivity index (χ2n) is 10.1. The van der Waals surface area contributed by atoms with Gasteiger partial charge in [0.05, 0.1) is 32.9 Å². The van der Waals surface area contributed by atoms with E-state index in [1.54, 1.807) is 24.3 Å². The van der Waals surface area contributed by atoms with Gasteiger partial charge in [0.15, 0.2) is 0 Å². The number of rotatable bonds is 7. The Morgan fingerprint density at radius 2 is 1.78 bits per heavy atom. The van der Waals surface area contributed by atoms with Crippen LogP contribution < -0.4 is 25.2 Å². The standard InChI is InChI=1S/C27H29Cl2N7O3S2/c28-20-6-3-7-21(29)24(20)36-16-40-25-19(26(36)37)15-31-27(33-25)32-18-8-9-22(35-12-10-30-11-13-35)23(14-18)41(38,39)34-17-4-1-2-5-17/h3,6-9,14-15,17,30,34H,1-2,4-5,10-13,16H2,(H,31,32,33). The normalized spacial score (nSPS) is 18.0. The molecule has 6 rings (SSSR count). The smallest absolute Gasteiger partial charge is 0.263 e. The number of sulfonamides is 1. The van der Waals surface area contributed by atoms with Gasteiger partial charge in [-0.15, -0.1) is 0 Å². The highest BCUT2D eigenvalue weighted by molar-refractivity contribution is 7.99. The zero-order chi connectivity index (χ0) is 28.6. The number of aromatic nitrogens is 2. The highest BCUT2D eigenvalue weighted by Gasteiger charge is 2.31. The molecule has 2 aromatic carbocycles. The summed E-state index contributed by atoms with van der Waals surface area (Å²) >= 11 is 14.0. The minimum Gasteiger partial charge on any atom is -0.368 e. The van der Waals surface area contributed by atoms with Crippen molar-refractivity contribution in [2.75, 3.05) is 47.2 Å². The third-order valence-corrected chi connectivity index (χ3v) is 10.5. The largest absolute Gasteiger partial charge is 0.368 e. The lowest BCUT2D eigenvalue weighted by atomic mass is 10.2. The molecule has 3 aliphatic rings. The molecule has 216 valence electrons. The first-order valence-electron chi connectivity index (χ1n) is 13.4. The van der Waals surface area contributed by atoms with E-state index in [-0.39, 0.29) is 28.7 Å². The fourth-order valence-electron chi connectivity index (χ4n) is 5.36. The van der Waals surface area contributed by atoms with Crippen molar-refractivity contribution < 1.29 is 13.2 Å². The Morgan fingerprint density at radius 1 is 1.05 bits per heavy atom. The van der Waals surface area contributed by atoms with E-state index in [0.717, 1.165) is 38.8 Å². The van der Waals surface area contributed by atoms with Crippen molar-refractivity contribution in [1.82, 2.24) is 20.0 Å². The van der Waals surface area contributed by atoms with Gasteiger partial charge in [0.2, 0.25) is 16.0 Å². The molecule has 1 aromatic heterocycles. The van der Waals surface area contributed by atoms with Crippen LogP contribution in [0.25, 0.3) is 0 Å². The van der Waals surface area contributed by atoms with Crippen LogP contribution in [0.2, 0.25) is 10.0 Å². The summed E-state index contributed by atoms with van der Waals surface area (Å²) in [7, 11) is -3.77. The number of fused-ring (bicyclic) bond motifs is 1. The lowest BCUT2D eigenvalue weighted by Crippen LogP contribution is -2.44. The second-order valence-corrected chi connectivity index (χ2v) is 13.6. The van der Waals surface area contributed by atoms with Crippen molar-refractivity contribution in [3.05, 3.63) is 58.2 Å². The van der Waals surface area contributed by atoms with E-state index < -0.39 is 10.0 Å². The van der Waals surface area contributed by atoms with Gasteiger partial charge in [-0.3, -0.25) is 9.69 Å². The van der Waals surface area contributed by atoms with Gasteiger partial charge in [-0.2, -0.15) is 0 Å². The van der Waals surface area contributed by atoms with Crippen LogP contribution in [0.5, 0.6) is 0 Å². The van der Waals surface area contributed by atoms with Crippen LogP contribution >= 0.6 is 35.0 Å². The average Bonchev–Trinajstić information content (AvgIpc) is 3.47. The summed E-state index contributed by atoms with van der Waals surface area (Å²) in [5.41, 5.74) is 1.99. The van der Waals surface area contributed by atoms with Gasteiger partial charge in [-0.05, 0) is 43.2 Å². The number of hydrogen-bond donors (Lipinski definition) is 3. The van der Waals surface area contributed by atoms with Crippen molar-refractivity contribution in [3.8, 4) is 0 Å². The number of carbonyl (C=O) groups is 1. The minimum absolute atomic E-state index is 0.0498. The molecule has 0 spiro atoms. The van der Waals surface area contributed by atoms with Crippen LogP contribution in [0.3, 0.4) is 0 Å². The van der Waals surface area contributed by atoms with Crippen molar-refractivity contribution in [2.24, 2.45) is 0 Å². The molecular formula is C27H29Cl2N7O3S2. The van der Waals surface area contributed by atoms with Gasteiger partial charge in [0.25, 0.3) is 5.91 Å². The van der Waals surface area contributed by atoms with Crippen molar-refractivity contribution in [2.45, 2.75) is 41.6 Å². The summed E-state index contributed by atoms with van der Waals surface area (Å²) in [6, 6.07) is 10.3. The Hall–Kier alpha value is -2.61. The van der Waals surface area contributed by atoms with E-state index in [0.29, 0.717) is 50.8 Å². The number of anilines is 4. The molecule has 1 saturated carbocycles. The third-order valence-electron chi connectivity index (χ3n) is 7.41. The molecule has 41 heavy (non-hydrogen) atoms. The van der Waals surface area contributed by atoms with E-state index in [1.165, 1.54) is 22.9 Å². The Balaban J connectivity index is 1.27. The quantitative estimate of drug-likeness (QED) is 0.313. The van der Waals surface area contributed by atoms with Crippen LogP contribution in [-0.4, -0.2) is 62.4 Å². The van der Waals surface area contributed by atoms with Crippen LogP contribution in [0.4, 0.5) is 23.0 Å². The Kier molecular flexibility index (Phi) is 8.30. The first kappa shape index (κ1) is 28.5. The number of carbonyl (C=O) groups excluding carboxylic acids is 1. The molecule has 0 bridgehead atoms. The Bertz CT molecular complexity index is 1560. The van der Waals surface area contributed by atoms with Gasteiger partial charge in [-0.1, -0.05) is 53.9 Å². The van der Waals surface area contributed by atoms with Crippen molar-refractivity contribution in [3.63, 3.8) is 0 Å². The van der Waals surface area contributed by atoms with Crippen LogP contribution in [0.1, 0.15) is 36.0 Å². The molecule has 1 saturated heterocycles. The van der Waals surface area contributed by atoms with Gasteiger partial charge in [0.1, 0.15) is 9.92 Å². The number of halogens is 2. The van der Waals surface area contributed by atoms with Crippen molar-refractivity contribution >= 4 is 73.9 Å². The highest BCUT2D eigenvalue weighted by atomic mass is 35.5. The van der Waals surface area contributed by atoms with Gasteiger partial charge < -0.3 is 15.5 Å². The summed E-state index contributed by atoms with van der Waals surface area (Å²) < 4.78 is 30.1. The minimum atomic E-state index is -3.77. The van der Waals surface area contributed by atoms with Gasteiger partial charge in [0, 0.05) is 44.1 Å². The molecule has 2 aliphatic heterocycles. The Morgan fingerprint density at radius 3 is 2.51 bits per heavy atom. The zero-order valence-corrected chi connectivity index (χ0v) is 25.2. The summed E-state index contributed by atoms with van der Waals surface area (Å²) in [5, 5.41) is 7.73. The molecule has 2 fully saturated rings. The number of piperazine rings is 1. The maximum absolute atomic E-state index is 13.6. The predicted octanol–water partition coefficient (Wildman–Crippen LogP) is 4.87. The first-order chi connectivity index (χ1) is 19.8. The number of thioether (sulfide) groups is 1. The fraction of sp³-hybridized carbons (Fsp3) is 0.370. The molecular weight excluding hydrogens is 605 g/mol. The lowest BCUT2D eigenvalue weighted by Gasteiger charge is -2.31. The highest BCUT2D eigenvalue weighted by Crippen LogP contribution is 2.39. The number of nitrogens with zero attached hydrogens (tertiary/aromatic N) is 4. The molecule has 0 atom stereocenters. The van der Waals surface area contributed by atoms with Gasteiger partial charge in [-0.25, -0.2) is 23.1 Å². The second kappa shape index (κ2) is 11.9. The number of hydrogen-bond acceptors (Lipinski definition) is 9. The molecule has 1 aliphatic carbocycles. The monoisotopic (exact) mass is 633 g/mol. The van der Waals surface area contributed by atoms with E-state index in [9.17, 15) is 13.2 Å². The molecule has 3 aromatic rings. The summed E-state index contributed by atoms with van der Waals surface area (Å²) in [5.74, 6) is 0.239. The van der Waals surface area contributed by atoms with E-state index in [2.05, 4.69) is 30.2 Å². The molecule has 14 heteroatoms. The topological polar surface area (TPSA) is 120 Å². The fourth-order valence-corrected chi connectivity index (χ4v) is 8.46. The maximum Gasteiger partial charge on any atom is 0.263 e. The number of amides is 1. The summed E-state index contributed by atoms with van der Waals surface area (Å²) in [4.78, 5) is 26.1. The summed E-state index contributed by atoms with van der Waals surface area (Å²) in [6.07, 6.45) is 5.21. The maximum atomic E-state index is 13.6.